The summed E-state index contributed by atoms with van der Waals surface area (Å²) < 4.78 is 59.1. The van der Waals surface area contributed by atoms with Gasteiger partial charge in [0.2, 0.25) is 0 Å². The fraction of sp³-hybridized carbons (Fsp3) is 0.194. The summed E-state index contributed by atoms with van der Waals surface area (Å²) in [6, 6.07) is 13.4. The van der Waals surface area contributed by atoms with E-state index < -0.39 is 58.5 Å². The molecular formula is C31H27F3O6Ti. The minimum absolute atomic E-state index is 0.0764. The van der Waals surface area contributed by atoms with Gasteiger partial charge in [-0.1, -0.05) is 0 Å². The Balaban J connectivity index is 1.91. The van der Waals surface area contributed by atoms with Gasteiger partial charge in [-0.25, -0.2) is 0 Å². The molecule has 4 rings (SSSR count). The van der Waals surface area contributed by atoms with Gasteiger partial charge in [0.15, 0.2) is 0 Å². The standard InChI is InChI=1S/C10H15.3C7H5FO2.Ti/c1-7-6-10(4,5)9(3)8(7)2;3*8-6-3-1-5(2-4-6)7(9)10;/h1-5H3;3*1-4H,(H,9,10);/q;;;;+3/p-3. The van der Waals surface area contributed by atoms with Crippen LogP contribution in [0.3, 0.4) is 0 Å². The number of allylic oxidation sites excluding steroid dienone is 4. The molecule has 0 heterocycles. The summed E-state index contributed by atoms with van der Waals surface area (Å²) in [4.78, 5) is 40.6. The van der Waals surface area contributed by atoms with Gasteiger partial charge in [-0.3, -0.25) is 0 Å². The van der Waals surface area contributed by atoms with Crippen LogP contribution in [-0.2, 0) is 27.7 Å². The molecule has 0 spiro atoms. The van der Waals surface area contributed by atoms with Crippen molar-refractivity contribution in [3.8, 4) is 0 Å². The Hall–Kier alpha value is -3.95. The van der Waals surface area contributed by atoms with Crippen molar-refractivity contribution in [3.05, 3.63) is 128 Å². The molecule has 212 valence electrons. The van der Waals surface area contributed by atoms with Crippen molar-refractivity contribution < 1.29 is 55.3 Å². The molecule has 0 saturated heterocycles. The number of hydrogen-bond donors (Lipinski definition) is 0. The van der Waals surface area contributed by atoms with Gasteiger partial charge in [0.25, 0.3) is 0 Å². The monoisotopic (exact) mass is 600 g/mol. The van der Waals surface area contributed by atoms with Crippen LogP contribution in [0.25, 0.3) is 0 Å². The minimum atomic E-state index is -5.66. The zero-order chi connectivity index (χ0) is 30.1. The van der Waals surface area contributed by atoms with Crippen molar-refractivity contribution in [1.29, 1.82) is 0 Å². The van der Waals surface area contributed by atoms with E-state index in [1.54, 1.807) is 6.92 Å². The first-order valence-corrected chi connectivity index (χ1v) is 15.3. The van der Waals surface area contributed by atoms with Crippen molar-refractivity contribution in [2.75, 3.05) is 0 Å². The van der Waals surface area contributed by atoms with Crippen LogP contribution in [0.5, 0.6) is 0 Å². The Labute approximate surface area is 240 Å². The van der Waals surface area contributed by atoms with Crippen molar-refractivity contribution in [3.63, 3.8) is 0 Å². The van der Waals surface area contributed by atoms with Gasteiger partial charge < -0.3 is 0 Å². The molecule has 1 aliphatic rings. The second kappa shape index (κ2) is 11.5. The number of halogens is 3. The average Bonchev–Trinajstić information content (AvgIpc) is 3.08. The normalized spacial score (nSPS) is 14.6. The second-order valence-electron chi connectivity index (χ2n) is 10.1. The van der Waals surface area contributed by atoms with Crippen LogP contribution in [0.4, 0.5) is 13.2 Å². The molecule has 0 unspecified atom stereocenters. The van der Waals surface area contributed by atoms with E-state index in [0.29, 0.717) is 9.45 Å². The Kier molecular flexibility index (Phi) is 8.42. The van der Waals surface area contributed by atoms with Crippen LogP contribution in [0.2, 0.25) is 0 Å². The fourth-order valence-electron chi connectivity index (χ4n) is 4.72. The van der Waals surface area contributed by atoms with Crippen LogP contribution in [0.15, 0.2) is 93.4 Å². The SMILES string of the molecule is CC1=C(C)C(C)(C)[C]([Ti]([O]C(=O)c2ccc(F)cc2)([O]C(=O)c2ccc(F)cc2)[O]C(=O)c2ccc(F)cc2)=C1C. The summed E-state index contributed by atoms with van der Waals surface area (Å²) in [5.74, 6) is -4.81. The molecule has 10 heteroatoms. The molecule has 1 aliphatic carbocycles. The van der Waals surface area contributed by atoms with Crippen molar-refractivity contribution in [1.82, 2.24) is 0 Å². The van der Waals surface area contributed by atoms with Crippen LogP contribution in [0, 0.1) is 22.9 Å². The second-order valence-corrected chi connectivity index (χ2v) is 13.6. The van der Waals surface area contributed by atoms with Gasteiger partial charge in [0, 0.05) is 0 Å². The molecule has 0 fully saturated rings. The van der Waals surface area contributed by atoms with Crippen molar-refractivity contribution >= 4 is 17.9 Å². The van der Waals surface area contributed by atoms with E-state index in [4.69, 9.17) is 9.96 Å². The van der Waals surface area contributed by atoms with E-state index in [0.717, 1.165) is 47.5 Å². The fourth-order valence-corrected chi connectivity index (χ4v) is 9.59. The molecule has 0 aliphatic heterocycles. The van der Waals surface area contributed by atoms with Crippen LogP contribution >= 0.6 is 0 Å². The zero-order valence-electron chi connectivity index (χ0n) is 23.0. The summed E-state index contributed by atoms with van der Waals surface area (Å²) in [6.07, 6.45) is 0. The van der Waals surface area contributed by atoms with E-state index in [1.807, 2.05) is 27.7 Å². The van der Waals surface area contributed by atoms with Gasteiger partial charge in [-0.15, -0.1) is 0 Å². The molecule has 0 amide bonds. The molecular weight excluding hydrogens is 573 g/mol. The molecule has 0 saturated carbocycles. The van der Waals surface area contributed by atoms with Crippen molar-refractivity contribution in [2.24, 2.45) is 5.41 Å². The van der Waals surface area contributed by atoms with Crippen molar-refractivity contribution in [2.45, 2.75) is 34.6 Å². The molecule has 0 bridgehead atoms. The molecule has 3 aromatic carbocycles. The van der Waals surface area contributed by atoms with E-state index in [1.165, 1.54) is 36.4 Å². The zero-order valence-corrected chi connectivity index (χ0v) is 24.6. The van der Waals surface area contributed by atoms with E-state index >= 15 is 0 Å². The van der Waals surface area contributed by atoms with Gasteiger partial charge in [-0.05, 0) is 0 Å². The molecule has 6 nitrogen and oxygen atoms in total. The average molecular weight is 600 g/mol. The summed E-state index contributed by atoms with van der Waals surface area (Å²) in [5.41, 5.74) is 1.19. The van der Waals surface area contributed by atoms with E-state index in [-0.39, 0.29) is 16.7 Å². The van der Waals surface area contributed by atoms with Crippen LogP contribution < -0.4 is 0 Å². The molecule has 0 aromatic heterocycles. The Morgan fingerprint density at radius 3 is 1.10 bits per heavy atom. The molecule has 0 N–H and O–H groups in total. The number of hydrogen-bond acceptors (Lipinski definition) is 6. The first-order chi connectivity index (χ1) is 19.2. The molecule has 3 aromatic rings. The molecule has 0 radical (unpaired) electrons. The van der Waals surface area contributed by atoms with E-state index in [9.17, 15) is 27.6 Å². The third-order valence-electron chi connectivity index (χ3n) is 7.29. The first kappa shape index (κ1) is 30.0. The van der Waals surface area contributed by atoms with Gasteiger partial charge in [-0.2, -0.15) is 0 Å². The summed E-state index contributed by atoms with van der Waals surface area (Å²) in [6.45, 7) is 9.09. The predicted octanol–water partition coefficient (Wildman–Crippen LogP) is 7.52. The first-order valence-electron chi connectivity index (χ1n) is 12.6. The quantitative estimate of drug-likeness (QED) is 0.261. The summed E-state index contributed by atoms with van der Waals surface area (Å²) in [7, 11) is 0. The van der Waals surface area contributed by atoms with Crippen LogP contribution in [-0.4, -0.2) is 17.9 Å². The Bertz CT molecular complexity index is 1430. The third-order valence-corrected chi connectivity index (χ3v) is 11.9. The molecule has 41 heavy (non-hydrogen) atoms. The maximum atomic E-state index is 13.6. The molecule has 0 atom stereocenters. The number of benzene rings is 3. The van der Waals surface area contributed by atoms with Gasteiger partial charge >= 0.3 is 241 Å². The Morgan fingerprint density at radius 2 is 0.854 bits per heavy atom. The topological polar surface area (TPSA) is 78.9 Å². The Morgan fingerprint density at radius 1 is 0.561 bits per heavy atom. The summed E-state index contributed by atoms with van der Waals surface area (Å²) >= 11 is -5.66. The number of rotatable bonds is 7. The summed E-state index contributed by atoms with van der Waals surface area (Å²) in [5, 5.41) is 0. The number of carbonyl (C=O) groups is 3. The van der Waals surface area contributed by atoms with Gasteiger partial charge in [0.05, 0.1) is 0 Å². The number of carbonyl (C=O) groups excluding carboxylic acids is 3. The van der Waals surface area contributed by atoms with E-state index in [2.05, 4.69) is 0 Å². The third kappa shape index (κ3) is 6.06. The maximum absolute atomic E-state index is 13.6. The van der Waals surface area contributed by atoms with Crippen LogP contribution in [0.1, 0.15) is 65.7 Å². The predicted molar refractivity (Wildman–Crippen MR) is 140 cm³/mol. The van der Waals surface area contributed by atoms with Gasteiger partial charge in [0.1, 0.15) is 0 Å².